The fourth-order valence-corrected chi connectivity index (χ4v) is 4.18. The molecule has 0 fully saturated rings. The summed E-state index contributed by atoms with van der Waals surface area (Å²) in [6.07, 6.45) is 1.20. The zero-order valence-electron chi connectivity index (χ0n) is 14.5. The van der Waals surface area contributed by atoms with E-state index in [0.717, 1.165) is 25.1 Å². The summed E-state index contributed by atoms with van der Waals surface area (Å²) in [4.78, 5) is 17.9. The summed E-state index contributed by atoms with van der Waals surface area (Å²) in [6.45, 7) is 0. The van der Waals surface area contributed by atoms with Crippen LogP contribution in [0, 0.1) is 0 Å². The maximum atomic E-state index is 12.8. The van der Waals surface area contributed by atoms with Crippen LogP contribution in [0.25, 0.3) is 10.1 Å². The van der Waals surface area contributed by atoms with Gasteiger partial charge in [-0.15, -0.1) is 11.3 Å². The Morgan fingerprint density at radius 2 is 1.86 bits per heavy atom. The van der Waals surface area contributed by atoms with Crippen LogP contribution in [0.15, 0.2) is 77.4 Å². The Balaban J connectivity index is 1.64. The van der Waals surface area contributed by atoms with E-state index < -0.39 is 6.17 Å². The average Bonchev–Trinajstić information content (AvgIpc) is 3.14. The van der Waals surface area contributed by atoms with Crippen LogP contribution in [0.4, 0.5) is 5.69 Å². The molecule has 0 aliphatic carbocycles. The Hall–Kier alpha value is -2.41. The van der Waals surface area contributed by atoms with Gasteiger partial charge in [-0.2, -0.15) is 0 Å². The third kappa shape index (κ3) is 4.35. The van der Waals surface area contributed by atoms with Gasteiger partial charge in [-0.05, 0) is 69.8 Å². The van der Waals surface area contributed by atoms with Gasteiger partial charge in [0, 0.05) is 31.0 Å². The van der Waals surface area contributed by atoms with Crippen LogP contribution in [0.5, 0.6) is 0 Å². The van der Waals surface area contributed by atoms with Crippen molar-refractivity contribution in [3.63, 3.8) is 0 Å². The van der Waals surface area contributed by atoms with Crippen molar-refractivity contribution in [2.24, 2.45) is 0 Å². The highest BCUT2D eigenvalue weighted by molar-refractivity contribution is 9.10. The third-order valence-electron chi connectivity index (χ3n) is 4.12. The molecule has 1 atom stereocenters. The van der Waals surface area contributed by atoms with Crippen LogP contribution in [0.2, 0.25) is 5.02 Å². The molecule has 140 valence electrons. The van der Waals surface area contributed by atoms with Gasteiger partial charge in [0.25, 0.3) is 5.91 Å². The normalized spacial score (nSPS) is 11.9. The standard InChI is InChI=1S/C21H15BrClN3OS/c22-14-5-10-17(24-12-14)21(27)26-20(25-16-8-6-15(23)7-9-16)19-11-13-3-1-2-4-18(13)28-19/h1-12,20,25H,(H,26,27). The number of nitrogens with one attached hydrogen (secondary N) is 2. The number of thiophene rings is 1. The minimum atomic E-state index is -0.406. The highest BCUT2D eigenvalue weighted by Crippen LogP contribution is 2.31. The van der Waals surface area contributed by atoms with E-state index in [9.17, 15) is 4.79 Å². The molecule has 0 aliphatic rings. The van der Waals surface area contributed by atoms with Crippen LogP contribution < -0.4 is 10.6 Å². The molecule has 7 heteroatoms. The largest absolute Gasteiger partial charge is 0.361 e. The molecular formula is C21H15BrClN3OS. The summed E-state index contributed by atoms with van der Waals surface area (Å²) in [7, 11) is 0. The van der Waals surface area contributed by atoms with Gasteiger partial charge in [0.05, 0.1) is 0 Å². The Morgan fingerprint density at radius 1 is 1.07 bits per heavy atom. The number of amides is 1. The second kappa shape index (κ2) is 8.31. The molecule has 4 aromatic rings. The highest BCUT2D eigenvalue weighted by Gasteiger charge is 2.19. The number of fused-ring (bicyclic) bond motifs is 1. The first-order chi connectivity index (χ1) is 13.6. The van der Waals surface area contributed by atoms with E-state index in [1.807, 2.05) is 36.4 Å². The van der Waals surface area contributed by atoms with Crippen molar-refractivity contribution in [3.05, 3.63) is 93.0 Å². The Morgan fingerprint density at radius 3 is 2.57 bits per heavy atom. The molecular weight excluding hydrogens is 458 g/mol. The van der Waals surface area contributed by atoms with Gasteiger partial charge in [-0.3, -0.25) is 4.79 Å². The van der Waals surface area contributed by atoms with Crippen LogP contribution in [0.3, 0.4) is 0 Å². The summed E-state index contributed by atoms with van der Waals surface area (Å²) in [5.74, 6) is -0.253. The number of nitrogens with zero attached hydrogens (tertiary/aromatic N) is 1. The molecule has 0 saturated heterocycles. The summed E-state index contributed by atoms with van der Waals surface area (Å²) in [5, 5.41) is 8.22. The van der Waals surface area contributed by atoms with Crippen LogP contribution >= 0.6 is 38.9 Å². The van der Waals surface area contributed by atoms with Crippen LogP contribution in [0.1, 0.15) is 21.5 Å². The first kappa shape index (κ1) is 18.9. The van der Waals surface area contributed by atoms with Crippen molar-refractivity contribution in [3.8, 4) is 0 Å². The van der Waals surface area contributed by atoms with E-state index in [1.165, 1.54) is 0 Å². The monoisotopic (exact) mass is 471 g/mol. The fraction of sp³-hybridized carbons (Fsp3) is 0.0476. The molecule has 4 nitrogen and oxygen atoms in total. The van der Waals surface area contributed by atoms with Crippen LogP contribution in [-0.4, -0.2) is 10.9 Å². The van der Waals surface area contributed by atoms with Gasteiger partial charge in [-0.25, -0.2) is 4.98 Å². The predicted molar refractivity (Wildman–Crippen MR) is 119 cm³/mol. The van der Waals surface area contributed by atoms with Crippen molar-refractivity contribution >= 4 is 60.5 Å². The van der Waals surface area contributed by atoms with E-state index in [0.29, 0.717) is 10.7 Å². The molecule has 1 amide bonds. The molecule has 2 aromatic carbocycles. The van der Waals surface area contributed by atoms with Crippen molar-refractivity contribution in [1.29, 1.82) is 0 Å². The molecule has 0 radical (unpaired) electrons. The topological polar surface area (TPSA) is 54.0 Å². The summed E-state index contributed by atoms with van der Waals surface area (Å²) < 4.78 is 1.99. The molecule has 0 bridgehead atoms. The molecule has 2 aromatic heterocycles. The lowest BCUT2D eigenvalue weighted by Crippen LogP contribution is -2.33. The quantitative estimate of drug-likeness (QED) is 0.337. The van der Waals surface area contributed by atoms with Crippen LogP contribution in [-0.2, 0) is 0 Å². The number of hydrogen-bond donors (Lipinski definition) is 2. The summed E-state index contributed by atoms with van der Waals surface area (Å²) in [5.41, 5.74) is 1.21. The van der Waals surface area contributed by atoms with Crippen molar-refractivity contribution in [1.82, 2.24) is 10.3 Å². The minimum absolute atomic E-state index is 0.253. The number of carbonyl (C=O) groups is 1. The Kier molecular flexibility index (Phi) is 5.62. The number of rotatable bonds is 5. The highest BCUT2D eigenvalue weighted by atomic mass is 79.9. The molecule has 2 heterocycles. The summed E-state index contributed by atoms with van der Waals surface area (Å²) in [6, 6.07) is 21.1. The predicted octanol–water partition coefficient (Wildman–Crippen LogP) is 6.25. The lowest BCUT2D eigenvalue weighted by Gasteiger charge is -2.20. The molecule has 0 aliphatic heterocycles. The first-order valence-electron chi connectivity index (χ1n) is 8.51. The third-order valence-corrected chi connectivity index (χ3v) is 6.02. The maximum Gasteiger partial charge on any atom is 0.271 e. The number of aromatic nitrogens is 1. The summed E-state index contributed by atoms with van der Waals surface area (Å²) >= 11 is 11.0. The minimum Gasteiger partial charge on any atom is -0.361 e. The molecule has 0 spiro atoms. The molecule has 2 N–H and O–H groups in total. The number of anilines is 1. The van der Waals surface area contributed by atoms with Crippen molar-refractivity contribution < 1.29 is 4.79 Å². The van der Waals surface area contributed by atoms with E-state index in [-0.39, 0.29) is 5.91 Å². The smallest absolute Gasteiger partial charge is 0.271 e. The molecule has 4 rings (SSSR count). The SMILES string of the molecule is O=C(NC(Nc1ccc(Cl)cc1)c1cc2ccccc2s1)c1ccc(Br)cn1. The van der Waals surface area contributed by atoms with E-state index in [4.69, 9.17) is 11.6 Å². The Labute approximate surface area is 179 Å². The second-order valence-corrected chi connectivity index (χ2v) is 8.57. The zero-order valence-corrected chi connectivity index (χ0v) is 17.7. The van der Waals surface area contributed by atoms with E-state index >= 15 is 0 Å². The molecule has 1 unspecified atom stereocenters. The lowest BCUT2D eigenvalue weighted by atomic mass is 10.2. The average molecular weight is 473 g/mol. The fourth-order valence-electron chi connectivity index (χ4n) is 2.75. The first-order valence-corrected chi connectivity index (χ1v) is 10.5. The van der Waals surface area contributed by atoms with Gasteiger partial charge in [0.15, 0.2) is 0 Å². The van der Waals surface area contributed by atoms with Gasteiger partial charge in [-0.1, -0.05) is 29.8 Å². The van der Waals surface area contributed by atoms with Crippen molar-refractivity contribution in [2.75, 3.05) is 5.32 Å². The van der Waals surface area contributed by atoms with Gasteiger partial charge >= 0.3 is 0 Å². The van der Waals surface area contributed by atoms with E-state index in [2.05, 4.69) is 49.7 Å². The van der Waals surface area contributed by atoms with Crippen molar-refractivity contribution in [2.45, 2.75) is 6.17 Å². The Bertz CT molecular complexity index is 1080. The molecule has 28 heavy (non-hydrogen) atoms. The molecule has 0 saturated carbocycles. The van der Waals surface area contributed by atoms with Gasteiger partial charge in [0.2, 0.25) is 0 Å². The second-order valence-electron chi connectivity index (χ2n) is 6.11. The van der Waals surface area contributed by atoms with E-state index in [1.54, 1.807) is 29.7 Å². The number of pyridine rings is 1. The number of halogens is 2. The number of carbonyl (C=O) groups excluding carboxylic acids is 1. The zero-order chi connectivity index (χ0) is 19.5. The number of benzene rings is 2. The lowest BCUT2D eigenvalue weighted by molar-refractivity contribution is 0.0937. The number of hydrogen-bond acceptors (Lipinski definition) is 4. The van der Waals surface area contributed by atoms with Gasteiger partial charge < -0.3 is 10.6 Å². The maximum absolute atomic E-state index is 12.8. The van der Waals surface area contributed by atoms with Gasteiger partial charge in [0.1, 0.15) is 11.9 Å².